The summed E-state index contributed by atoms with van der Waals surface area (Å²) in [4.78, 5) is 6.56. The Balaban J connectivity index is 0.00000392. The van der Waals surface area contributed by atoms with Gasteiger partial charge in [0.05, 0.1) is 32.2 Å². The van der Waals surface area contributed by atoms with E-state index in [1.165, 1.54) is 11.8 Å². The lowest BCUT2D eigenvalue weighted by Gasteiger charge is -2.21. The fraction of sp³-hybridized carbons (Fsp3) is 0.632. The van der Waals surface area contributed by atoms with Gasteiger partial charge in [-0.1, -0.05) is 30.3 Å². The van der Waals surface area contributed by atoms with Gasteiger partial charge in [-0.05, 0) is 12.0 Å². The van der Waals surface area contributed by atoms with Crippen molar-refractivity contribution in [2.75, 3.05) is 58.5 Å². The van der Waals surface area contributed by atoms with E-state index in [9.17, 15) is 8.42 Å². The summed E-state index contributed by atoms with van der Waals surface area (Å²) >= 11 is 0. The second-order valence-electron chi connectivity index (χ2n) is 6.82. The molecule has 2 rings (SSSR count). The minimum Gasteiger partial charge on any atom is -0.379 e. The smallest absolute Gasteiger partial charge is 0.193 e. The van der Waals surface area contributed by atoms with Gasteiger partial charge >= 0.3 is 0 Å². The molecular formula is C19H32IN3O4S. The normalized spacial score (nSPS) is 17.4. The molecule has 1 aliphatic heterocycles. The molecule has 1 N–H and O–H groups in total. The first kappa shape index (κ1) is 25.1. The fourth-order valence-electron chi connectivity index (χ4n) is 2.96. The Morgan fingerprint density at radius 1 is 1.25 bits per heavy atom. The van der Waals surface area contributed by atoms with Crippen LogP contribution in [0.2, 0.25) is 0 Å². The lowest BCUT2D eigenvalue weighted by atomic mass is 10.1. The maximum Gasteiger partial charge on any atom is 0.193 e. The molecule has 1 saturated heterocycles. The molecule has 1 fully saturated rings. The molecule has 7 nitrogen and oxygen atoms in total. The Morgan fingerprint density at radius 2 is 2.00 bits per heavy atom. The van der Waals surface area contributed by atoms with Crippen LogP contribution in [0.25, 0.3) is 0 Å². The first-order valence-electron chi connectivity index (χ1n) is 9.30. The highest BCUT2D eigenvalue weighted by molar-refractivity contribution is 14.0. The number of sulfone groups is 1. The number of hydrogen-bond acceptors (Lipinski definition) is 5. The first-order chi connectivity index (χ1) is 13.0. The highest BCUT2D eigenvalue weighted by atomic mass is 127. The zero-order chi connectivity index (χ0) is 19.5. The molecule has 160 valence electrons. The molecule has 9 heteroatoms. The minimum absolute atomic E-state index is 0. The molecular weight excluding hydrogens is 493 g/mol. The topological polar surface area (TPSA) is 80.2 Å². The number of likely N-dealkylation sites (tertiary alicyclic amines) is 1. The number of nitrogens with zero attached hydrogens (tertiary/aromatic N) is 2. The number of rotatable bonds is 10. The number of guanidine groups is 1. The van der Waals surface area contributed by atoms with E-state index < -0.39 is 9.84 Å². The van der Waals surface area contributed by atoms with Crippen molar-refractivity contribution in [2.45, 2.75) is 13.0 Å². The highest BCUT2D eigenvalue weighted by Crippen LogP contribution is 2.17. The van der Waals surface area contributed by atoms with E-state index in [0.717, 1.165) is 32.1 Å². The Morgan fingerprint density at radius 3 is 2.68 bits per heavy atom. The van der Waals surface area contributed by atoms with Crippen molar-refractivity contribution in [1.82, 2.24) is 10.2 Å². The Kier molecular flexibility index (Phi) is 12.0. The Labute approximate surface area is 185 Å². The number of benzene rings is 1. The van der Waals surface area contributed by atoms with E-state index in [-0.39, 0.29) is 36.3 Å². The summed E-state index contributed by atoms with van der Waals surface area (Å²) in [6, 6.07) is 10.2. The third-order valence-electron chi connectivity index (χ3n) is 4.39. The number of ether oxygens (including phenoxy) is 2. The molecule has 0 saturated carbocycles. The van der Waals surface area contributed by atoms with Gasteiger partial charge in [-0.3, -0.25) is 4.99 Å². The summed E-state index contributed by atoms with van der Waals surface area (Å²) in [7, 11) is -1.20. The molecule has 1 aromatic rings. The summed E-state index contributed by atoms with van der Waals surface area (Å²) < 4.78 is 33.3. The predicted molar refractivity (Wildman–Crippen MR) is 123 cm³/mol. The van der Waals surface area contributed by atoms with Gasteiger partial charge in [0.2, 0.25) is 0 Å². The number of aliphatic imine (C=N–C) groups is 1. The zero-order valence-corrected chi connectivity index (χ0v) is 19.8. The third-order valence-corrected chi connectivity index (χ3v) is 5.30. The summed E-state index contributed by atoms with van der Waals surface area (Å²) in [5, 5.41) is 3.27. The molecule has 0 bridgehead atoms. The first-order valence-corrected chi connectivity index (χ1v) is 11.4. The number of nitrogens with one attached hydrogen (secondary N) is 1. The van der Waals surface area contributed by atoms with Crippen LogP contribution in [-0.4, -0.2) is 77.8 Å². The van der Waals surface area contributed by atoms with Gasteiger partial charge in [0, 0.05) is 38.9 Å². The zero-order valence-electron chi connectivity index (χ0n) is 16.7. The lowest BCUT2D eigenvalue weighted by Crippen LogP contribution is -2.41. The van der Waals surface area contributed by atoms with Crippen molar-refractivity contribution >= 4 is 39.8 Å². The average Bonchev–Trinajstić information content (AvgIpc) is 3.10. The van der Waals surface area contributed by atoms with Gasteiger partial charge in [-0.2, -0.15) is 0 Å². The van der Waals surface area contributed by atoms with Gasteiger partial charge in [0.15, 0.2) is 5.96 Å². The number of hydrogen-bond donors (Lipinski definition) is 1. The lowest BCUT2D eigenvalue weighted by molar-refractivity contribution is 0.0906. The SMILES string of the molecule is CN=C(NCCOCCS(C)(=O)=O)N1CCC(COCc2ccccc2)C1.I. The summed E-state index contributed by atoms with van der Waals surface area (Å²) in [5.74, 6) is 1.41. The quantitative estimate of drug-likeness (QED) is 0.217. The van der Waals surface area contributed by atoms with Crippen LogP contribution >= 0.6 is 24.0 Å². The average molecular weight is 525 g/mol. The summed E-state index contributed by atoms with van der Waals surface area (Å²) in [6.45, 7) is 4.54. The van der Waals surface area contributed by atoms with E-state index in [1.54, 1.807) is 7.05 Å². The predicted octanol–water partition coefficient (Wildman–Crippen LogP) is 1.78. The van der Waals surface area contributed by atoms with Crippen molar-refractivity contribution in [1.29, 1.82) is 0 Å². The van der Waals surface area contributed by atoms with Crippen LogP contribution < -0.4 is 5.32 Å². The molecule has 1 unspecified atom stereocenters. The van der Waals surface area contributed by atoms with Crippen molar-refractivity contribution in [3.63, 3.8) is 0 Å². The molecule has 1 heterocycles. The maximum atomic E-state index is 11.0. The van der Waals surface area contributed by atoms with Crippen LogP contribution in [0.4, 0.5) is 0 Å². The van der Waals surface area contributed by atoms with Crippen molar-refractivity contribution in [2.24, 2.45) is 10.9 Å². The molecule has 0 spiro atoms. The standard InChI is InChI=1S/C19H31N3O4S.HI/c1-20-19(21-9-11-25-12-13-27(2,23)24)22-10-8-18(14-22)16-26-15-17-6-4-3-5-7-17;/h3-7,18H,8-16H2,1-2H3,(H,20,21);1H. The van der Waals surface area contributed by atoms with Crippen LogP contribution in [0.15, 0.2) is 35.3 Å². The van der Waals surface area contributed by atoms with Crippen LogP contribution in [0, 0.1) is 5.92 Å². The van der Waals surface area contributed by atoms with Crippen LogP contribution in [0.5, 0.6) is 0 Å². The molecule has 0 aliphatic carbocycles. The molecule has 28 heavy (non-hydrogen) atoms. The van der Waals surface area contributed by atoms with E-state index in [2.05, 4.69) is 27.3 Å². The number of halogens is 1. The van der Waals surface area contributed by atoms with E-state index in [4.69, 9.17) is 9.47 Å². The third kappa shape index (κ3) is 10.0. The van der Waals surface area contributed by atoms with E-state index >= 15 is 0 Å². The monoisotopic (exact) mass is 525 g/mol. The Hall–Kier alpha value is -0.910. The van der Waals surface area contributed by atoms with Gasteiger partial charge in [0.25, 0.3) is 0 Å². The fourth-order valence-corrected chi connectivity index (χ4v) is 3.38. The molecule has 0 radical (unpaired) electrons. The van der Waals surface area contributed by atoms with E-state index in [1.807, 2.05) is 18.2 Å². The molecule has 0 amide bonds. The van der Waals surface area contributed by atoms with Crippen molar-refractivity contribution < 1.29 is 17.9 Å². The highest BCUT2D eigenvalue weighted by Gasteiger charge is 2.24. The molecule has 1 aliphatic rings. The van der Waals surface area contributed by atoms with Crippen LogP contribution in [0.1, 0.15) is 12.0 Å². The largest absolute Gasteiger partial charge is 0.379 e. The maximum absolute atomic E-state index is 11.0. The second kappa shape index (κ2) is 13.3. The van der Waals surface area contributed by atoms with Gasteiger partial charge in [-0.25, -0.2) is 8.42 Å². The van der Waals surface area contributed by atoms with Gasteiger partial charge < -0.3 is 19.7 Å². The molecule has 1 aromatic carbocycles. The van der Waals surface area contributed by atoms with Crippen LogP contribution in [-0.2, 0) is 25.9 Å². The molecule has 1 atom stereocenters. The summed E-state index contributed by atoms with van der Waals surface area (Å²) in [5.41, 5.74) is 1.20. The van der Waals surface area contributed by atoms with Crippen molar-refractivity contribution in [3.8, 4) is 0 Å². The van der Waals surface area contributed by atoms with Gasteiger partial charge in [-0.15, -0.1) is 24.0 Å². The molecule has 0 aromatic heterocycles. The Bertz CT molecular complexity index is 686. The van der Waals surface area contributed by atoms with Gasteiger partial charge in [0.1, 0.15) is 9.84 Å². The second-order valence-corrected chi connectivity index (χ2v) is 9.08. The van der Waals surface area contributed by atoms with Crippen molar-refractivity contribution in [3.05, 3.63) is 35.9 Å². The van der Waals surface area contributed by atoms with E-state index in [0.29, 0.717) is 25.7 Å². The minimum atomic E-state index is -2.97. The van der Waals surface area contributed by atoms with Crippen LogP contribution in [0.3, 0.4) is 0 Å². The summed E-state index contributed by atoms with van der Waals surface area (Å²) in [6.07, 6.45) is 2.30.